The molecule has 0 atom stereocenters. The molecule has 7 heteroatoms. The van der Waals surface area contributed by atoms with Crippen LogP contribution in [0.25, 0.3) is 0 Å². The number of halogens is 2. The number of aryl methyl sites for hydroxylation is 2. The molecule has 21 heavy (non-hydrogen) atoms. The Kier molecular flexibility index (Phi) is 4.85. The summed E-state index contributed by atoms with van der Waals surface area (Å²) < 4.78 is 25.8. The van der Waals surface area contributed by atoms with E-state index in [-0.39, 0.29) is 17.3 Å². The lowest BCUT2D eigenvalue weighted by molar-refractivity contribution is -0.113. The molecule has 1 N–H and O–H groups in total. The molecule has 0 aliphatic rings. The Balaban J connectivity index is 1.94. The summed E-state index contributed by atoms with van der Waals surface area (Å²) in [5.41, 5.74) is 1.04. The van der Waals surface area contributed by atoms with Gasteiger partial charge in [-0.1, -0.05) is 11.8 Å². The van der Waals surface area contributed by atoms with Crippen LogP contribution in [0.5, 0.6) is 0 Å². The highest BCUT2D eigenvalue weighted by Crippen LogP contribution is 2.17. The molecule has 0 aliphatic carbocycles. The third-order valence-corrected chi connectivity index (χ3v) is 3.41. The van der Waals surface area contributed by atoms with Crippen molar-refractivity contribution in [3.63, 3.8) is 0 Å². The largest absolute Gasteiger partial charge is 0.325 e. The Morgan fingerprint density at radius 3 is 2.62 bits per heavy atom. The van der Waals surface area contributed by atoms with Gasteiger partial charge in [-0.05, 0) is 32.0 Å². The van der Waals surface area contributed by atoms with Gasteiger partial charge in [0, 0.05) is 17.4 Å². The minimum atomic E-state index is -0.998. The summed E-state index contributed by atoms with van der Waals surface area (Å²) in [6.45, 7) is 3.62. The number of thioether (sulfide) groups is 1. The summed E-state index contributed by atoms with van der Waals surface area (Å²) in [4.78, 5) is 20.1. The quantitative estimate of drug-likeness (QED) is 0.696. The summed E-state index contributed by atoms with van der Waals surface area (Å²) in [6, 6.07) is 4.99. The van der Waals surface area contributed by atoms with Gasteiger partial charge in [-0.2, -0.15) is 0 Å². The molecule has 4 nitrogen and oxygen atoms in total. The van der Waals surface area contributed by atoms with Gasteiger partial charge in [0.1, 0.15) is 10.9 Å². The molecule has 0 saturated heterocycles. The fourth-order valence-electron chi connectivity index (χ4n) is 1.67. The van der Waals surface area contributed by atoms with Crippen LogP contribution in [-0.2, 0) is 4.79 Å². The summed E-state index contributed by atoms with van der Waals surface area (Å²) in [7, 11) is 0. The molecule has 0 radical (unpaired) electrons. The lowest BCUT2D eigenvalue weighted by atomic mass is 10.3. The highest BCUT2D eigenvalue weighted by atomic mass is 32.2. The lowest BCUT2D eigenvalue weighted by Crippen LogP contribution is -2.14. The van der Waals surface area contributed by atoms with Crippen LogP contribution < -0.4 is 5.32 Å². The zero-order valence-electron chi connectivity index (χ0n) is 11.5. The number of hydrogen-bond donors (Lipinski definition) is 1. The van der Waals surface area contributed by atoms with Crippen LogP contribution in [0.15, 0.2) is 29.3 Å². The first-order valence-corrected chi connectivity index (χ1v) is 7.12. The highest BCUT2D eigenvalue weighted by Gasteiger charge is 2.08. The Morgan fingerprint density at radius 2 is 1.95 bits per heavy atom. The van der Waals surface area contributed by atoms with E-state index in [0.29, 0.717) is 10.9 Å². The number of hydrogen-bond acceptors (Lipinski definition) is 4. The first-order chi connectivity index (χ1) is 9.94. The summed E-state index contributed by atoms with van der Waals surface area (Å²) in [5, 5.41) is 3.19. The number of carbonyl (C=O) groups is 1. The van der Waals surface area contributed by atoms with Crippen molar-refractivity contribution in [2.45, 2.75) is 18.9 Å². The minimum absolute atomic E-state index is 0.120. The van der Waals surface area contributed by atoms with Gasteiger partial charge in [-0.3, -0.25) is 4.79 Å². The average molecular weight is 309 g/mol. The van der Waals surface area contributed by atoms with E-state index in [4.69, 9.17) is 0 Å². The normalized spacial score (nSPS) is 10.5. The standard InChI is InChI=1S/C14H13F2N3OS/c1-8-5-14(18-9(2)17-8)21-7-13(20)19-10-3-4-11(15)12(16)6-10/h3-6H,7H2,1-2H3,(H,19,20). The van der Waals surface area contributed by atoms with E-state index >= 15 is 0 Å². The van der Waals surface area contributed by atoms with Gasteiger partial charge in [0.05, 0.1) is 5.75 Å². The molecular weight excluding hydrogens is 296 g/mol. The van der Waals surface area contributed by atoms with Crippen molar-refractivity contribution in [2.75, 3.05) is 11.1 Å². The predicted molar refractivity (Wildman–Crippen MR) is 77.2 cm³/mol. The number of nitrogens with zero attached hydrogens (tertiary/aromatic N) is 2. The van der Waals surface area contributed by atoms with Crippen molar-refractivity contribution in [1.82, 2.24) is 9.97 Å². The molecule has 0 fully saturated rings. The maximum Gasteiger partial charge on any atom is 0.234 e. The molecular formula is C14H13F2N3OS. The molecule has 1 amide bonds. The Bertz CT molecular complexity index is 659. The van der Waals surface area contributed by atoms with E-state index < -0.39 is 11.6 Å². The smallest absolute Gasteiger partial charge is 0.234 e. The zero-order valence-corrected chi connectivity index (χ0v) is 12.3. The molecule has 0 unspecified atom stereocenters. The van der Waals surface area contributed by atoms with Crippen molar-refractivity contribution in [1.29, 1.82) is 0 Å². The summed E-state index contributed by atoms with van der Waals surface area (Å²) in [5.74, 6) is -1.51. The number of rotatable bonds is 4. The third kappa shape index (κ3) is 4.49. The molecule has 0 bridgehead atoms. The lowest BCUT2D eigenvalue weighted by Gasteiger charge is -2.06. The van der Waals surface area contributed by atoms with E-state index in [0.717, 1.165) is 17.8 Å². The van der Waals surface area contributed by atoms with Crippen LogP contribution in [0.1, 0.15) is 11.5 Å². The Morgan fingerprint density at radius 1 is 1.19 bits per heavy atom. The average Bonchev–Trinajstić information content (AvgIpc) is 2.40. The molecule has 1 aromatic heterocycles. The molecule has 0 spiro atoms. The van der Waals surface area contributed by atoms with Crippen LogP contribution in [0, 0.1) is 25.5 Å². The number of anilines is 1. The Labute approximate surface area is 125 Å². The first-order valence-electron chi connectivity index (χ1n) is 6.14. The van der Waals surface area contributed by atoms with E-state index in [2.05, 4.69) is 15.3 Å². The summed E-state index contributed by atoms with van der Waals surface area (Å²) >= 11 is 1.25. The number of amides is 1. The molecule has 1 aromatic carbocycles. The van der Waals surface area contributed by atoms with Crippen molar-refractivity contribution in [2.24, 2.45) is 0 Å². The minimum Gasteiger partial charge on any atom is -0.325 e. The van der Waals surface area contributed by atoms with Gasteiger partial charge in [0.2, 0.25) is 5.91 Å². The second-order valence-corrected chi connectivity index (χ2v) is 5.36. The molecule has 2 aromatic rings. The van der Waals surface area contributed by atoms with Gasteiger partial charge in [-0.15, -0.1) is 0 Å². The van der Waals surface area contributed by atoms with Crippen LogP contribution in [0.4, 0.5) is 14.5 Å². The predicted octanol–water partition coefficient (Wildman–Crippen LogP) is 3.10. The van der Waals surface area contributed by atoms with Crippen molar-refractivity contribution >= 4 is 23.4 Å². The van der Waals surface area contributed by atoms with E-state index in [1.807, 2.05) is 6.92 Å². The number of benzene rings is 1. The van der Waals surface area contributed by atoms with Gasteiger partial charge in [0.15, 0.2) is 11.6 Å². The van der Waals surface area contributed by atoms with Gasteiger partial charge >= 0.3 is 0 Å². The molecule has 1 heterocycles. The van der Waals surface area contributed by atoms with E-state index in [9.17, 15) is 13.6 Å². The van der Waals surface area contributed by atoms with Crippen LogP contribution in [0.2, 0.25) is 0 Å². The fourth-order valence-corrected chi connectivity index (χ4v) is 2.47. The highest BCUT2D eigenvalue weighted by molar-refractivity contribution is 7.99. The third-order valence-electron chi connectivity index (χ3n) is 2.50. The topological polar surface area (TPSA) is 54.9 Å². The van der Waals surface area contributed by atoms with Crippen LogP contribution in [-0.4, -0.2) is 21.6 Å². The van der Waals surface area contributed by atoms with Crippen molar-refractivity contribution in [3.05, 3.63) is 47.4 Å². The van der Waals surface area contributed by atoms with Gasteiger partial charge in [0.25, 0.3) is 0 Å². The molecule has 110 valence electrons. The van der Waals surface area contributed by atoms with Crippen molar-refractivity contribution in [3.8, 4) is 0 Å². The number of carbonyl (C=O) groups excluding carboxylic acids is 1. The fraction of sp³-hybridized carbons (Fsp3) is 0.214. The van der Waals surface area contributed by atoms with Gasteiger partial charge < -0.3 is 5.32 Å². The molecule has 2 rings (SSSR count). The molecule has 0 saturated carbocycles. The number of aromatic nitrogens is 2. The van der Waals surface area contributed by atoms with E-state index in [1.165, 1.54) is 17.8 Å². The number of nitrogens with one attached hydrogen (secondary N) is 1. The van der Waals surface area contributed by atoms with Crippen LogP contribution >= 0.6 is 11.8 Å². The maximum atomic E-state index is 13.0. The molecule has 0 aliphatic heterocycles. The second-order valence-electron chi connectivity index (χ2n) is 4.36. The second kappa shape index (κ2) is 6.62. The monoisotopic (exact) mass is 309 g/mol. The van der Waals surface area contributed by atoms with Crippen LogP contribution in [0.3, 0.4) is 0 Å². The van der Waals surface area contributed by atoms with Gasteiger partial charge in [-0.25, -0.2) is 18.7 Å². The SMILES string of the molecule is Cc1cc(SCC(=O)Nc2ccc(F)c(F)c2)nc(C)n1. The van der Waals surface area contributed by atoms with E-state index in [1.54, 1.807) is 13.0 Å². The first kappa shape index (κ1) is 15.4. The van der Waals surface area contributed by atoms with Crippen molar-refractivity contribution < 1.29 is 13.6 Å². The maximum absolute atomic E-state index is 13.0. The summed E-state index contributed by atoms with van der Waals surface area (Å²) in [6.07, 6.45) is 0. The zero-order chi connectivity index (χ0) is 15.4. The Hall–Kier alpha value is -2.02.